The minimum absolute atomic E-state index is 0.247. The maximum absolute atomic E-state index is 12.9. The molecule has 2 atom stereocenters. The first-order valence-corrected chi connectivity index (χ1v) is 12.6. The summed E-state index contributed by atoms with van der Waals surface area (Å²) >= 11 is 0. The standard InChI is InChI=1S/C31H36O4/c1-31(2)34-23-28(30(32)33-22-27-13-7-4-8-14-27)29(35-31)20-19-26-18-10-17-25(21-26)16-9-15-24-11-5-3-6-12-24/h3-8,10-14,17-18,21,28-29H,9,15-16,19-20,22-23H2,1-2H3/t28-,29-/m1/s1. The van der Waals surface area contributed by atoms with E-state index in [0.717, 1.165) is 37.7 Å². The highest BCUT2D eigenvalue weighted by molar-refractivity contribution is 5.73. The zero-order valence-electron chi connectivity index (χ0n) is 20.8. The van der Waals surface area contributed by atoms with E-state index in [1.165, 1.54) is 16.7 Å². The molecule has 184 valence electrons. The van der Waals surface area contributed by atoms with E-state index in [4.69, 9.17) is 14.2 Å². The van der Waals surface area contributed by atoms with Crippen molar-refractivity contribution >= 4 is 5.97 Å². The van der Waals surface area contributed by atoms with Crippen LogP contribution in [0.15, 0.2) is 84.9 Å². The molecule has 1 saturated heterocycles. The van der Waals surface area contributed by atoms with Crippen LogP contribution in [0.2, 0.25) is 0 Å². The van der Waals surface area contributed by atoms with Gasteiger partial charge in [-0.05, 0) is 68.2 Å². The number of hydrogen-bond acceptors (Lipinski definition) is 4. The van der Waals surface area contributed by atoms with E-state index in [0.29, 0.717) is 6.61 Å². The first-order chi connectivity index (χ1) is 17.0. The van der Waals surface area contributed by atoms with E-state index in [9.17, 15) is 4.79 Å². The maximum atomic E-state index is 12.9. The van der Waals surface area contributed by atoms with Gasteiger partial charge >= 0.3 is 5.97 Å². The molecule has 0 unspecified atom stereocenters. The SMILES string of the molecule is CC1(C)OC[C@@H](C(=O)OCc2ccccc2)[C@@H](CCc2cccc(CCCc3ccccc3)c2)O1. The molecule has 1 aliphatic heterocycles. The average Bonchev–Trinajstić information content (AvgIpc) is 2.87. The zero-order valence-corrected chi connectivity index (χ0v) is 20.8. The second-order valence-corrected chi connectivity index (χ2v) is 9.76. The summed E-state index contributed by atoms with van der Waals surface area (Å²) in [6.07, 6.45) is 4.60. The lowest BCUT2D eigenvalue weighted by Crippen LogP contribution is -2.49. The lowest BCUT2D eigenvalue weighted by Gasteiger charge is -2.40. The summed E-state index contributed by atoms with van der Waals surface area (Å²) < 4.78 is 17.6. The smallest absolute Gasteiger partial charge is 0.314 e. The highest BCUT2D eigenvalue weighted by Gasteiger charge is 2.40. The molecule has 0 aromatic heterocycles. The summed E-state index contributed by atoms with van der Waals surface area (Å²) in [5.41, 5.74) is 4.98. The van der Waals surface area contributed by atoms with Gasteiger partial charge < -0.3 is 14.2 Å². The van der Waals surface area contributed by atoms with Gasteiger partial charge in [0.15, 0.2) is 5.79 Å². The molecule has 0 radical (unpaired) electrons. The number of carbonyl (C=O) groups is 1. The molecule has 0 spiro atoms. The maximum Gasteiger partial charge on any atom is 0.314 e. The van der Waals surface area contributed by atoms with E-state index in [2.05, 4.69) is 54.6 Å². The van der Waals surface area contributed by atoms with Gasteiger partial charge in [0.25, 0.3) is 0 Å². The fourth-order valence-electron chi connectivity index (χ4n) is 4.59. The Labute approximate surface area is 209 Å². The fraction of sp³-hybridized carbons (Fsp3) is 0.387. The quantitative estimate of drug-likeness (QED) is 0.325. The van der Waals surface area contributed by atoms with Crippen LogP contribution >= 0.6 is 0 Å². The Morgan fingerprint density at radius 3 is 2.14 bits per heavy atom. The normalized spacial score (nSPS) is 19.3. The number of rotatable bonds is 10. The molecule has 1 fully saturated rings. The van der Waals surface area contributed by atoms with Gasteiger partial charge in [-0.1, -0.05) is 84.9 Å². The first-order valence-electron chi connectivity index (χ1n) is 12.6. The molecule has 4 rings (SSSR count). The third kappa shape index (κ3) is 7.78. The molecule has 35 heavy (non-hydrogen) atoms. The molecular formula is C31H36O4. The van der Waals surface area contributed by atoms with Crippen molar-refractivity contribution in [1.82, 2.24) is 0 Å². The van der Waals surface area contributed by atoms with Crippen LogP contribution in [0.3, 0.4) is 0 Å². The Kier molecular flexibility index (Phi) is 8.73. The molecule has 4 heteroatoms. The molecule has 4 nitrogen and oxygen atoms in total. The van der Waals surface area contributed by atoms with Gasteiger partial charge in [0.1, 0.15) is 12.5 Å². The number of carbonyl (C=O) groups excluding carboxylic acids is 1. The predicted octanol–water partition coefficient (Wildman–Crippen LogP) is 6.31. The largest absolute Gasteiger partial charge is 0.460 e. The lowest BCUT2D eigenvalue weighted by molar-refractivity contribution is -0.292. The summed E-state index contributed by atoms with van der Waals surface area (Å²) in [7, 11) is 0. The Morgan fingerprint density at radius 1 is 0.829 bits per heavy atom. The van der Waals surface area contributed by atoms with Crippen LogP contribution in [-0.4, -0.2) is 24.5 Å². The summed E-state index contributed by atoms with van der Waals surface area (Å²) in [5.74, 6) is -1.40. The predicted molar refractivity (Wildman–Crippen MR) is 138 cm³/mol. The summed E-state index contributed by atoms with van der Waals surface area (Å²) in [4.78, 5) is 12.9. The molecule has 3 aromatic carbocycles. The molecule has 0 bridgehead atoms. The molecule has 0 amide bonds. The Morgan fingerprint density at radius 2 is 1.43 bits per heavy atom. The van der Waals surface area contributed by atoms with E-state index in [1.807, 2.05) is 44.2 Å². The van der Waals surface area contributed by atoms with Crippen molar-refractivity contribution in [2.45, 2.75) is 64.4 Å². The molecule has 1 aliphatic rings. The number of ether oxygens (including phenoxy) is 3. The van der Waals surface area contributed by atoms with E-state index in [1.54, 1.807) is 0 Å². The van der Waals surface area contributed by atoms with Crippen LogP contribution in [0.4, 0.5) is 0 Å². The van der Waals surface area contributed by atoms with Gasteiger partial charge in [0.2, 0.25) is 0 Å². The molecule has 0 saturated carbocycles. The number of hydrogen-bond donors (Lipinski definition) is 0. The minimum Gasteiger partial charge on any atom is -0.460 e. The van der Waals surface area contributed by atoms with Gasteiger partial charge in [-0.2, -0.15) is 0 Å². The average molecular weight is 473 g/mol. The first kappa shape index (κ1) is 25.2. The molecular weight excluding hydrogens is 436 g/mol. The van der Waals surface area contributed by atoms with Crippen molar-refractivity contribution in [2.24, 2.45) is 5.92 Å². The monoisotopic (exact) mass is 472 g/mol. The summed E-state index contributed by atoms with van der Waals surface area (Å²) in [5, 5.41) is 0. The zero-order chi connectivity index (χ0) is 24.5. The number of aryl methyl sites for hydroxylation is 3. The minimum atomic E-state index is -0.708. The lowest BCUT2D eigenvalue weighted by atomic mass is 9.94. The van der Waals surface area contributed by atoms with Crippen LogP contribution in [0.5, 0.6) is 0 Å². The Hall–Kier alpha value is -2.95. The molecule has 0 aliphatic carbocycles. The van der Waals surface area contributed by atoms with Gasteiger partial charge in [-0.3, -0.25) is 4.79 Å². The van der Waals surface area contributed by atoms with Gasteiger partial charge in [0, 0.05) is 0 Å². The third-order valence-corrected chi connectivity index (χ3v) is 6.50. The van der Waals surface area contributed by atoms with Gasteiger partial charge in [0.05, 0.1) is 12.7 Å². The van der Waals surface area contributed by atoms with Crippen LogP contribution in [0.1, 0.15) is 48.9 Å². The van der Waals surface area contributed by atoms with Crippen molar-refractivity contribution in [1.29, 1.82) is 0 Å². The fourth-order valence-corrected chi connectivity index (χ4v) is 4.59. The topological polar surface area (TPSA) is 44.8 Å². The van der Waals surface area contributed by atoms with Crippen LogP contribution < -0.4 is 0 Å². The highest BCUT2D eigenvalue weighted by atomic mass is 16.7. The molecule has 3 aromatic rings. The van der Waals surface area contributed by atoms with Crippen molar-refractivity contribution < 1.29 is 19.0 Å². The Balaban J connectivity index is 1.32. The number of esters is 1. The second-order valence-electron chi connectivity index (χ2n) is 9.76. The van der Waals surface area contributed by atoms with Crippen molar-refractivity contribution in [3.8, 4) is 0 Å². The van der Waals surface area contributed by atoms with E-state index in [-0.39, 0.29) is 18.7 Å². The summed E-state index contributed by atoms with van der Waals surface area (Å²) in [6, 6.07) is 29.2. The Bertz CT molecular complexity index is 1060. The van der Waals surface area contributed by atoms with E-state index < -0.39 is 11.7 Å². The molecule has 1 heterocycles. The van der Waals surface area contributed by atoms with Crippen molar-refractivity contribution in [3.05, 3.63) is 107 Å². The summed E-state index contributed by atoms with van der Waals surface area (Å²) in [6.45, 7) is 4.37. The van der Waals surface area contributed by atoms with E-state index >= 15 is 0 Å². The second kappa shape index (κ2) is 12.1. The van der Waals surface area contributed by atoms with Gasteiger partial charge in [-0.15, -0.1) is 0 Å². The number of benzene rings is 3. The third-order valence-electron chi connectivity index (χ3n) is 6.50. The van der Waals surface area contributed by atoms with Crippen molar-refractivity contribution in [2.75, 3.05) is 6.61 Å². The van der Waals surface area contributed by atoms with Crippen LogP contribution in [0, 0.1) is 5.92 Å². The van der Waals surface area contributed by atoms with Gasteiger partial charge in [-0.25, -0.2) is 0 Å². The van der Waals surface area contributed by atoms with Crippen LogP contribution in [-0.2, 0) is 44.9 Å². The van der Waals surface area contributed by atoms with Crippen LogP contribution in [0.25, 0.3) is 0 Å². The van der Waals surface area contributed by atoms with Crippen molar-refractivity contribution in [3.63, 3.8) is 0 Å². The highest BCUT2D eigenvalue weighted by Crippen LogP contribution is 2.30. The molecule has 0 N–H and O–H groups in total.